The Kier molecular flexibility index (Phi) is 9.47. The van der Waals surface area contributed by atoms with Crippen molar-refractivity contribution in [1.29, 1.82) is 0 Å². The zero-order chi connectivity index (χ0) is 37.3. The van der Waals surface area contributed by atoms with Crippen molar-refractivity contribution >= 4 is 55.3 Å². The van der Waals surface area contributed by atoms with E-state index in [2.05, 4.69) is 154 Å². The average molecular weight is 706 g/mol. The highest BCUT2D eigenvalue weighted by atomic mass is 15.2. The normalized spacial score (nSPS) is 16.6. The first-order valence-corrected chi connectivity index (χ1v) is 19.6. The number of rotatable bonds is 3. The van der Waals surface area contributed by atoms with Gasteiger partial charge in [-0.05, 0) is 23.8 Å². The van der Waals surface area contributed by atoms with Crippen LogP contribution in [-0.4, -0.2) is 27.0 Å². The first kappa shape index (κ1) is 34.9. The Labute approximate surface area is 318 Å². The van der Waals surface area contributed by atoms with E-state index in [1.807, 2.05) is 53.7 Å². The molecule has 0 saturated carbocycles. The van der Waals surface area contributed by atoms with Crippen LogP contribution < -0.4 is 5.32 Å². The van der Waals surface area contributed by atoms with E-state index in [0.29, 0.717) is 0 Å². The van der Waals surface area contributed by atoms with Gasteiger partial charge in [0.1, 0.15) is 11.7 Å². The fraction of sp³-hybridized carbons (Fsp3) is 0.184. The summed E-state index contributed by atoms with van der Waals surface area (Å²) in [4.78, 5) is 10.6. The third-order valence-corrected chi connectivity index (χ3v) is 10.5. The highest BCUT2D eigenvalue weighted by molar-refractivity contribution is 6.24. The van der Waals surface area contributed by atoms with Crippen molar-refractivity contribution in [3.8, 4) is 5.69 Å². The van der Waals surface area contributed by atoms with Crippen LogP contribution in [0.3, 0.4) is 0 Å². The van der Waals surface area contributed by atoms with Crippen LogP contribution in [0, 0.1) is 0 Å². The van der Waals surface area contributed by atoms with Gasteiger partial charge in [0.15, 0.2) is 6.17 Å². The van der Waals surface area contributed by atoms with Gasteiger partial charge in [0.2, 0.25) is 0 Å². The second-order valence-corrected chi connectivity index (χ2v) is 13.0. The molecule has 6 aromatic carbocycles. The molecule has 5 nitrogen and oxygen atoms in total. The molecule has 0 amide bonds. The Bertz CT molecular complexity index is 2650. The molecule has 4 heterocycles. The van der Waals surface area contributed by atoms with Gasteiger partial charge in [-0.3, -0.25) is 0 Å². The average Bonchev–Trinajstić information content (AvgIpc) is 3.74. The second-order valence-electron chi connectivity index (χ2n) is 13.0. The van der Waals surface area contributed by atoms with Gasteiger partial charge in [0.25, 0.3) is 0 Å². The summed E-state index contributed by atoms with van der Waals surface area (Å²) in [6.45, 7) is 12.0. The summed E-state index contributed by atoms with van der Waals surface area (Å²) < 4.78 is 5.11. The van der Waals surface area contributed by atoms with Gasteiger partial charge in [0, 0.05) is 44.2 Å². The summed E-state index contributed by atoms with van der Waals surface area (Å²) in [6, 6.07) is 50.0. The number of aromatic nitrogens is 2. The number of nitrogens with one attached hydrogen (secondary N) is 1. The van der Waals surface area contributed by atoms with Gasteiger partial charge < -0.3 is 14.5 Å². The minimum atomic E-state index is -0.339. The van der Waals surface area contributed by atoms with Crippen LogP contribution >= 0.6 is 0 Å². The fourth-order valence-corrected chi connectivity index (χ4v) is 8.47. The first-order chi connectivity index (χ1) is 26.8. The van der Waals surface area contributed by atoms with Crippen LogP contribution in [0.4, 0.5) is 0 Å². The number of benzene rings is 6. The van der Waals surface area contributed by atoms with Crippen LogP contribution in [0.2, 0.25) is 0 Å². The molecule has 0 saturated heterocycles. The van der Waals surface area contributed by atoms with Crippen LogP contribution in [0.1, 0.15) is 75.8 Å². The molecule has 1 aliphatic carbocycles. The lowest BCUT2D eigenvalue weighted by molar-refractivity contribution is 0.595. The van der Waals surface area contributed by atoms with E-state index in [-0.39, 0.29) is 18.1 Å². The Morgan fingerprint density at radius 3 is 1.65 bits per heavy atom. The van der Waals surface area contributed by atoms with Crippen LogP contribution in [0.25, 0.3) is 49.3 Å². The van der Waals surface area contributed by atoms with E-state index in [0.717, 1.165) is 22.8 Å². The second kappa shape index (κ2) is 14.7. The Morgan fingerprint density at radius 1 is 0.481 bits per heavy atom. The number of para-hydroxylation sites is 2. The van der Waals surface area contributed by atoms with E-state index >= 15 is 0 Å². The zero-order valence-electron chi connectivity index (χ0n) is 32.0. The van der Waals surface area contributed by atoms with Crippen molar-refractivity contribution in [3.63, 3.8) is 0 Å². The molecule has 0 bridgehead atoms. The van der Waals surface area contributed by atoms with Crippen molar-refractivity contribution in [3.05, 3.63) is 174 Å². The molecule has 2 aliphatic heterocycles. The summed E-state index contributed by atoms with van der Waals surface area (Å²) in [7, 11) is 0. The summed E-state index contributed by atoms with van der Waals surface area (Å²) >= 11 is 0. The van der Waals surface area contributed by atoms with Gasteiger partial charge in [-0.2, -0.15) is 0 Å². The third kappa shape index (κ3) is 5.29. The molecule has 2 unspecified atom stereocenters. The third-order valence-electron chi connectivity index (χ3n) is 10.5. The number of aliphatic imine (C=N–C) groups is 2. The molecular weight excluding hydrogens is 659 g/mol. The van der Waals surface area contributed by atoms with Gasteiger partial charge in [0.05, 0.1) is 33.8 Å². The maximum absolute atomic E-state index is 5.32. The largest absolute Gasteiger partial charge is 0.327 e. The van der Waals surface area contributed by atoms with Crippen molar-refractivity contribution in [1.82, 2.24) is 14.5 Å². The number of fused-ring (bicyclic) bond motifs is 8. The van der Waals surface area contributed by atoms with E-state index in [1.165, 1.54) is 60.4 Å². The molecule has 2 atom stereocenters. The van der Waals surface area contributed by atoms with E-state index in [1.54, 1.807) is 0 Å². The predicted octanol–water partition coefficient (Wildman–Crippen LogP) is 12.3. The Hall–Kier alpha value is -6.20. The number of hydrogen-bond acceptors (Lipinski definition) is 3. The maximum atomic E-state index is 5.32. The van der Waals surface area contributed by atoms with Crippen LogP contribution in [0.5, 0.6) is 0 Å². The van der Waals surface area contributed by atoms with Gasteiger partial charge in [-0.25, -0.2) is 9.98 Å². The fourth-order valence-electron chi connectivity index (χ4n) is 8.47. The van der Waals surface area contributed by atoms with Crippen LogP contribution in [0.15, 0.2) is 162 Å². The van der Waals surface area contributed by atoms with Crippen LogP contribution in [-0.2, 0) is 0 Å². The molecular formula is C49H47N5. The Morgan fingerprint density at radius 2 is 1.02 bits per heavy atom. The van der Waals surface area contributed by atoms with Gasteiger partial charge in [-0.15, -0.1) is 0 Å². The van der Waals surface area contributed by atoms with Gasteiger partial charge in [-0.1, -0.05) is 175 Å². The number of amidine groups is 2. The molecule has 3 aliphatic rings. The SMILES string of the molecule is C1=CC2c3c(cccc3-n3c4ccccc4c4ccc5c6ccccc6n2c5c43)C1C1N=C(c2ccccc2)NC(c2ccccc2)=N1.CC.CC.CC. The molecule has 8 aromatic rings. The number of nitrogens with zero attached hydrogens (tertiary/aromatic N) is 4. The molecule has 5 heteroatoms. The minimum absolute atomic E-state index is 0.0241. The lowest BCUT2D eigenvalue weighted by atomic mass is 9.82. The highest BCUT2D eigenvalue weighted by Gasteiger charge is 2.37. The summed E-state index contributed by atoms with van der Waals surface area (Å²) in [5.41, 5.74) is 11.0. The van der Waals surface area contributed by atoms with Crippen molar-refractivity contribution < 1.29 is 0 Å². The van der Waals surface area contributed by atoms with Crippen molar-refractivity contribution in [2.45, 2.75) is 59.7 Å². The van der Waals surface area contributed by atoms with E-state index < -0.39 is 0 Å². The van der Waals surface area contributed by atoms with E-state index in [4.69, 9.17) is 9.98 Å². The quantitative estimate of drug-likeness (QED) is 0.183. The molecule has 0 fully saturated rings. The lowest BCUT2D eigenvalue weighted by Crippen LogP contribution is -2.39. The lowest BCUT2D eigenvalue weighted by Gasteiger charge is -2.33. The number of hydrogen-bond donors (Lipinski definition) is 1. The molecule has 0 spiro atoms. The summed E-state index contributed by atoms with van der Waals surface area (Å²) in [6.07, 6.45) is 4.44. The minimum Gasteiger partial charge on any atom is -0.327 e. The molecule has 11 rings (SSSR count). The van der Waals surface area contributed by atoms with E-state index in [9.17, 15) is 0 Å². The number of allylic oxidation sites excluding steroid dienone is 1. The zero-order valence-corrected chi connectivity index (χ0v) is 32.0. The summed E-state index contributed by atoms with van der Waals surface area (Å²) in [5.74, 6) is 1.64. The van der Waals surface area contributed by atoms with Crippen molar-refractivity contribution in [2.75, 3.05) is 0 Å². The molecule has 268 valence electrons. The predicted molar refractivity (Wildman–Crippen MR) is 231 cm³/mol. The maximum Gasteiger partial charge on any atom is 0.154 e. The monoisotopic (exact) mass is 705 g/mol. The topological polar surface area (TPSA) is 46.6 Å². The molecule has 1 N–H and O–H groups in total. The molecule has 2 aromatic heterocycles. The molecule has 54 heavy (non-hydrogen) atoms. The molecule has 0 radical (unpaired) electrons. The van der Waals surface area contributed by atoms with Gasteiger partial charge >= 0.3 is 0 Å². The smallest absolute Gasteiger partial charge is 0.154 e. The highest BCUT2D eigenvalue weighted by Crippen LogP contribution is 2.50. The summed E-state index contributed by atoms with van der Waals surface area (Å²) in [5, 5.41) is 8.71. The Balaban J connectivity index is 0.000000659. The van der Waals surface area contributed by atoms with Crippen molar-refractivity contribution in [2.24, 2.45) is 9.98 Å². The first-order valence-electron chi connectivity index (χ1n) is 19.6. The standard InChI is InChI=1S/C43H29N5.3C2H6/c1-3-12-26(13-4-1)41-44-42(27-14-5-2-6-15-27)46-43(45-41)33-24-25-37-38-30(33)18-11-21-36(38)47-34-19-9-7-16-28(34)31-22-23-32-29-17-8-10-20-35(29)48(37)40(32)39(31)47;3*1-2/h1-25,33,37,43H,(H,44,45,46);3*1-2H3.